The van der Waals surface area contributed by atoms with E-state index in [1.165, 1.54) is 11.1 Å². The minimum atomic E-state index is 0.0781. The quantitative estimate of drug-likeness (QED) is 0.395. The van der Waals surface area contributed by atoms with Crippen molar-refractivity contribution in [1.82, 2.24) is 14.5 Å². The summed E-state index contributed by atoms with van der Waals surface area (Å²) >= 11 is 0. The highest BCUT2D eigenvalue weighted by atomic mass is 16.5. The zero-order chi connectivity index (χ0) is 22.8. The van der Waals surface area contributed by atoms with Crippen LogP contribution in [0.5, 0.6) is 5.75 Å². The zero-order valence-electron chi connectivity index (χ0n) is 19.2. The lowest BCUT2D eigenvalue weighted by molar-refractivity contribution is -0.128. The number of ether oxygens (including phenoxy) is 1. The van der Waals surface area contributed by atoms with Gasteiger partial charge in [0.1, 0.15) is 18.2 Å². The minimum absolute atomic E-state index is 0.0781. The van der Waals surface area contributed by atoms with Crippen molar-refractivity contribution in [2.45, 2.75) is 39.3 Å². The number of nitrogens with zero attached hydrogens (tertiary/aromatic N) is 3. The summed E-state index contributed by atoms with van der Waals surface area (Å²) in [5.74, 6) is 2.17. The molecule has 0 N–H and O–H groups in total. The van der Waals surface area contributed by atoms with E-state index in [4.69, 9.17) is 9.72 Å². The van der Waals surface area contributed by atoms with Gasteiger partial charge in [-0.1, -0.05) is 54.6 Å². The number of hydrogen-bond donors (Lipinski definition) is 0. The molecule has 1 fully saturated rings. The van der Waals surface area contributed by atoms with Gasteiger partial charge in [0.2, 0.25) is 5.91 Å². The SMILES string of the molecule is Cc1cccc(OCCn2c([C@@H]3CC(=O)N(Cc4ccccc4)C3)nc3ccccc32)c1C. The van der Waals surface area contributed by atoms with E-state index in [1.807, 2.05) is 53.4 Å². The van der Waals surface area contributed by atoms with Crippen molar-refractivity contribution in [3.05, 3.63) is 95.3 Å². The van der Waals surface area contributed by atoms with Crippen molar-refractivity contribution in [3.8, 4) is 5.75 Å². The van der Waals surface area contributed by atoms with Crippen LogP contribution in [-0.2, 0) is 17.9 Å². The fourth-order valence-corrected chi connectivity index (χ4v) is 4.67. The molecule has 4 aromatic rings. The van der Waals surface area contributed by atoms with Crippen LogP contribution >= 0.6 is 0 Å². The Balaban J connectivity index is 1.36. The van der Waals surface area contributed by atoms with E-state index in [9.17, 15) is 4.79 Å². The zero-order valence-corrected chi connectivity index (χ0v) is 19.2. The van der Waals surface area contributed by atoms with Crippen molar-refractivity contribution in [1.29, 1.82) is 0 Å². The van der Waals surface area contributed by atoms with Crippen LogP contribution in [0.2, 0.25) is 0 Å². The maximum atomic E-state index is 12.8. The summed E-state index contributed by atoms with van der Waals surface area (Å²) in [6, 6.07) is 24.5. The van der Waals surface area contributed by atoms with Crippen LogP contribution in [0, 0.1) is 13.8 Å². The van der Waals surface area contributed by atoms with E-state index in [0.29, 0.717) is 32.7 Å². The second-order valence-corrected chi connectivity index (χ2v) is 8.82. The third-order valence-corrected chi connectivity index (χ3v) is 6.61. The number of imidazole rings is 1. The number of para-hydroxylation sites is 2. The Kier molecular flexibility index (Phi) is 5.86. The Morgan fingerprint density at radius 1 is 0.970 bits per heavy atom. The second kappa shape index (κ2) is 9.10. The van der Waals surface area contributed by atoms with E-state index in [0.717, 1.165) is 28.2 Å². The van der Waals surface area contributed by atoms with Gasteiger partial charge in [0.05, 0.1) is 17.6 Å². The molecule has 0 bridgehead atoms. The average molecular weight is 440 g/mol. The van der Waals surface area contributed by atoms with Crippen LogP contribution < -0.4 is 4.74 Å². The first kappa shape index (κ1) is 21.3. The van der Waals surface area contributed by atoms with Gasteiger partial charge in [0.15, 0.2) is 0 Å². The van der Waals surface area contributed by atoms with Gasteiger partial charge >= 0.3 is 0 Å². The smallest absolute Gasteiger partial charge is 0.223 e. The summed E-state index contributed by atoms with van der Waals surface area (Å²) in [5, 5.41) is 0. The van der Waals surface area contributed by atoms with Gasteiger partial charge in [-0.2, -0.15) is 0 Å². The highest BCUT2D eigenvalue weighted by Crippen LogP contribution is 2.31. The van der Waals surface area contributed by atoms with E-state index >= 15 is 0 Å². The molecule has 5 heteroatoms. The van der Waals surface area contributed by atoms with Crippen molar-refractivity contribution in [2.75, 3.05) is 13.2 Å². The summed E-state index contributed by atoms with van der Waals surface area (Å²) in [7, 11) is 0. The minimum Gasteiger partial charge on any atom is -0.491 e. The van der Waals surface area contributed by atoms with Crippen molar-refractivity contribution >= 4 is 16.9 Å². The Hall–Kier alpha value is -3.60. The van der Waals surface area contributed by atoms with Gasteiger partial charge in [0, 0.05) is 25.4 Å². The van der Waals surface area contributed by atoms with Gasteiger partial charge in [-0.05, 0) is 48.7 Å². The van der Waals surface area contributed by atoms with Crippen LogP contribution in [0.3, 0.4) is 0 Å². The topological polar surface area (TPSA) is 47.4 Å². The number of hydrogen-bond acceptors (Lipinski definition) is 3. The number of carbonyl (C=O) groups is 1. The van der Waals surface area contributed by atoms with Crippen molar-refractivity contribution in [2.24, 2.45) is 0 Å². The molecule has 1 atom stereocenters. The molecule has 168 valence electrons. The number of rotatable bonds is 7. The standard InChI is InChI=1S/C28H29N3O2/c1-20-9-8-14-26(21(20)2)33-16-15-31-25-13-7-6-12-24(25)29-28(31)23-17-27(32)30(19-23)18-22-10-4-3-5-11-22/h3-14,23H,15-19H2,1-2H3/t23-/m1/s1. The number of amides is 1. The molecule has 0 unspecified atom stereocenters. The number of benzene rings is 3. The fourth-order valence-electron chi connectivity index (χ4n) is 4.67. The van der Waals surface area contributed by atoms with E-state index in [1.54, 1.807) is 0 Å². The van der Waals surface area contributed by atoms with Crippen molar-refractivity contribution < 1.29 is 9.53 Å². The molecular formula is C28H29N3O2. The monoisotopic (exact) mass is 439 g/mol. The molecule has 0 saturated carbocycles. The number of fused-ring (bicyclic) bond motifs is 1. The summed E-state index contributed by atoms with van der Waals surface area (Å²) in [6.07, 6.45) is 0.494. The van der Waals surface area contributed by atoms with E-state index in [-0.39, 0.29) is 11.8 Å². The predicted octanol–water partition coefficient (Wildman–Crippen LogP) is 5.25. The van der Waals surface area contributed by atoms with Crippen LogP contribution in [0.15, 0.2) is 72.8 Å². The molecule has 1 saturated heterocycles. The molecule has 3 aromatic carbocycles. The molecule has 0 aliphatic carbocycles. The number of carbonyl (C=O) groups excluding carboxylic acids is 1. The lowest BCUT2D eigenvalue weighted by Crippen LogP contribution is -2.24. The third-order valence-electron chi connectivity index (χ3n) is 6.61. The average Bonchev–Trinajstić information content (AvgIpc) is 3.38. The molecule has 5 nitrogen and oxygen atoms in total. The molecule has 0 spiro atoms. The first-order chi connectivity index (χ1) is 16.1. The highest BCUT2D eigenvalue weighted by molar-refractivity contribution is 5.81. The molecule has 33 heavy (non-hydrogen) atoms. The first-order valence-electron chi connectivity index (χ1n) is 11.6. The molecule has 1 aromatic heterocycles. The summed E-state index contributed by atoms with van der Waals surface area (Å²) in [6.45, 7) is 6.76. The fraction of sp³-hybridized carbons (Fsp3) is 0.286. The molecule has 5 rings (SSSR count). The molecule has 2 heterocycles. The predicted molar refractivity (Wildman–Crippen MR) is 130 cm³/mol. The molecule has 1 aliphatic heterocycles. The molecular weight excluding hydrogens is 410 g/mol. The van der Waals surface area contributed by atoms with Crippen LogP contribution in [-0.4, -0.2) is 33.5 Å². The van der Waals surface area contributed by atoms with E-state index < -0.39 is 0 Å². The van der Waals surface area contributed by atoms with Gasteiger partial charge < -0.3 is 14.2 Å². The van der Waals surface area contributed by atoms with Crippen LogP contribution in [0.4, 0.5) is 0 Å². The lowest BCUT2D eigenvalue weighted by atomic mass is 10.1. The third kappa shape index (κ3) is 4.36. The molecule has 1 amide bonds. The first-order valence-corrected chi connectivity index (χ1v) is 11.6. The Morgan fingerprint density at radius 3 is 2.61 bits per heavy atom. The normalized spacial score (nSPS) is 16.0. The highest BCUT2D eigenvalue weighted by Gasteiger charge is 2.34. The molecule has 1 aliphatic rings. The molecule has 0 radical (unpaired) electrons. The van der Waals surface area contributed by atoms with Crippen molar-refractivity contribution in [3.63, 3.8) is 0 Å². The Bertz CT molecular complexity index is 1280. The lowest BCUT2D eigenvalue weighted by Gasteiger charge is -2.18. The van der Waals surface area contributed by atoms with Gasteiger partial charge in [-0.15, -0.1) is 0 Å². The summed E-state index contributed by atoms with van der Waals surface area (Å²) < 4.78 is 8.39. The Labute approximate surface area is 194 Å². The largest absolute Gasteiger partial charge is 0.491 e. The summed E-state index contributed by atoms with van der Waals surface area (Å²) in [5.41, 5.74) is 5.61. The van der Waals surface area contributed by atoms with Gasteiger partial charge in [0.25, 0.3) is 0 Å². The van der Waals surface area contributed by atoms with Gasteiger partial charge in [-0.25, -0.2) is 4.98 Å². The number of aromatic nitrogens is 2. The maximum Gasteiger partial charge on any atom is 0.223 e. The van der Waals surface area contributed by atoms with Crippen LogP contribution in [0.25, 0.3) is 11.0 Å². The maximum absolute atomic E-state index is 12.8. The number of aryl methyl sites for hydroxylation is 1. The summed E-state index contributed by atoms with van der Waals surface area (Å²) in [4.78, 5) is 19.7. The van der Waals surface area contributed by atoms with E-state index in [2.05, 4.69) is 42.7 Å². The number of likely N-dealkylation sites (tertiary alicyclic amines) is 1. The second-order valence-electron chi connectivity index (χ2n) is 8.82. The van der Waals surface area contributed by atoms with Crippen LogP contribution in [0.1, 0.15) is 34.9 Å². The van der Waals surface area contributed by atoms with Gasteiger partial charge in [-0.3, -0.25) is 4.79 Å². The Morgan fingerprint density at radius 2 is 1.76 bits per heavy atom.